The number of aliphatic hydroxyl groups is 1. The summed E-state index contributed by atoms with van der Waals surface area (Å²) in [5, 5.41) is 10.6. The van der Waals surface area contributed by atoms with Crippen LogP contribution in [0.2, 0.25) is 0 Å². The molecule has 0 rings (SSSR count). The van der Waals surface area contributed by atoms with Crippen LogP contribution in [0.3, 0.4) is 0 Å². The number of hydrogen-bond donors (Lipinski definition) is 3. The first kappa shape index (κ1) is 91.5. The summed E-state index contributed by atoms with van der Waals surface area (Å²) >= 11 is 0. The summed E-state index contributed by atoms with van der Waals surface area (Å²) in [6.45, 7) is 9.49. The van der Waals surface area contributed by atoms with Gasteiger partial charge in [-0.25, -0.2) is 9.13 Å². The van der Waals surface area contributed by atoms with Crippen LogP contribution < -0.4 is 0 Å². The highest BCUT2D eigenvalue weighted by Crippen LogP contribution is 2.45. The van der Waals surface area contributed by atoms with Crippen molar-refractivity contribution >= 4 is 39.5 Å². The van der Waals surface area contributed by atoms with E-state index in [1.807, 2.05) is 0 Å². The van der Waals surface area contributed by atoms with Crippen LogP contribution in [0.15, 0.2) is 24.3 Å². The van der Waals surface area contributed by atoms with E-state index in [1.165, 1.54) is 161 Å². The number of hydrogen-bond acceptors (Lipinski definition) is 15. The lowest BCUT2D eigenvalue weighted by Crippen LogP contribution is -2.30. The molecule has 0 bridgehead atoms. The van der Waals surface area contributed by atoms with Gasteiger partial charge in [-0.2, -0.15) is 0 Å². The van der Waals surface area contributed by atoms with Crippen LogP contribution in [0, 0.1) is 11.8 Å². The number of ether oxygens (including phenoxy) is 4. The van der Waals surface area contributed by atoms with Crippen molar-refractivity contribution in [3.8, 4) is 0 Å². The number of aliphatic hydroxyl groups excluding tert-OH is 1. The Morgan fingerprint density at radius 1 is 0.351 bits per heavy atom. The Morgan fingerprint density at radius 2 is 0.628 bits per heavy atom. The average Bonchev–Trinajstić information content (AvgIpc) is 1.40. The Balaban J connectivity index is 5.29. The molecule has 19 heteroatoms. The van der Waals surface area contributed by atoms with Crippen LogP contribution in [0.4, 0.5) is 0 Å². The zero-order valence-corrected chi connectivity index (χ0v) is 62.5. The SMILES string of the molecule is CCCCCC/C=C\C=C/CCCCCCCC(=O)O[C@H](COC(=O)CCCCCCCCCCCCCCCCC)COP(=O)(O)OC[C@@H](O)COP(=O)(O)OC[C@@H](COC(=O)CCCCCCCCCC(C)C)OC(=O)CCCCCCCCCCCCC(C)CC. The van der Waals surface area contributed by atoms with Crippen LogP contribution in [0.5, 0.6) is 0 Å². The van der Waals surface area contributed by atoms with E-state index in [9.17, 15) is 43.2 Å². The topological polar surface area (TPSA) is 237 Å². The summed E-state index contributed by atoms with van der Waals surface area (Å²) < 4.78 is 68.4. The number of esters is 4. The molecule has 0 fully saturated rings. The maximum absolute atomic E-state index is 13.1. The summed E-state index contributed by atoms with van der Waals surface area (Å²) in [6.07, 6.45) is 56.2. The number of allylic oxidation sites excluding steroid dienone is 4. The van der Waals surface area contributed by atoms with Crippen LogP contribution in [0.25, 0.3) is 0 Å². The summed E-state index contributed by atoms with van der Waals surface area (Å²) in [5.74, 6) is -0.643. The minimum atomic E-state index is -4.96. The van der Waals surface area contributed by atoms with Gasteiger partial charge in [0.1, 0.15) is 19.3 Å². The molecule has 17 nitrogen and oxygen atoms in total. The fourth-order valence-corrected chi connectivity index (χ4v) is 12.5. The van der Waals surface area contributed by atoms with E-state index < -0.39 is 97.5 Å². The lowest BCUT2D eigenvalue weighted by molar-refractivity contribution is -0.161. The molecule has 0 saturated carbocycles. The van der Waals surface area contributed by atoms with Gasteiger partial charge < -0.3 is 33.8 Å². The number of phosphoric acid groups is 2. The summed E-state index contributed by atoms with van der Waals surface area (Å²) in [4.78, 5) is 72.7. The van der Waals surface area contributed by atoms with Crippen molar-refractivity contribution in [2.45, 2.75) is 381 Å². The maximum atomic E-state index is 13.1. The molecule has 3 unspecified atom stereocenters. The standard InChI is InChI=1S/C75H142O17P2/c1-7-10-12-14-16-18-20-22-24-26-28-33-39-45-51-57-72(77)85-63-70(91-74(79)59-53-47-40-34-29-27-25-23-21-19-17-15-13-11-8-2)65-89-93(81,82)87-61-69(76)62-88-94(83,84)90-66-71(64-86-73(78)58-52-46-42-36-37-43-49-55-67(4)5)92-75(80)60-54-48-41-35-31-30-32-38-44-50-56-68(6)9-3/h19,21,23,25,67-71,76H,7-18,20,22,24,26-66H2,1-6H3,(H,81,82)(H,83,84)/b21-19-,25-23-/t68?,69-,70-,71-/m1/s1. The summed E-state index contributed by atoms with van der Waals surface area (Å²) in [5.41, 5.74) is 0. The molecule has 0 aliphatic carbocycles. The molecule has 0 heterocycles. The number of rotatable bonds is 72. The molecular weight excluding hydrogens is 1230 g/mol. The Kier molecular flexibility index (Phi) is 64.7. The van der Waals surface area contributed by atoms with Crippen LogP contribution >= 0.6 is 15.6 Å². The number of phosphoric ester groups is 2. The van der Waals surface area contributed by atoms with Gasteiger partial charge in [-0.15, -0.1) is 0 Å². The van der Waals surface area contributed by atoms with Crippen LogP contribution in [-0.4, -0.2) is 96.7 Å². The molecule has 3 N–H and O–H groups in total. The zero-order valence-electron chi connectivity index (χ0n) is 60.7. The van der Waals surface area contributed by atoms with E-state index in [0.29, 0.717) is 31.6 Å². The lowest BCUT2D eigenvalue weighted by atomic mass is 9.99. The number of carbonyl (C=O) groups excluding carboxylic acids is 4. The minimum Gasteiger partial charge on any atom is -0.462 e. The normalized spacial score (nSPS) is 14.5. The van der Waals surface area contributed by atoms with E-state index in [0.717, 1.165) is 115 Å². The molecule has 0 aliphatic heterocycles. The van der Waals surface area contributed by atoms with Crippen molar-refractivity contribution in [1.82, 2.24) is 0 Å². The molecule has 0 spiro atoms. The highest BCUT2D eigenvalue weighted by Gasteiger charge is 2.30. The third-order valence-electron chi connectivity index (χ3n) is 17.2. The highest BCUT2D eigenvalue weighted by atomic mass is 31.2. The molecule has 0 aromatic heterocycles. The molecule has 0 aromatic rings. The van der Waals surface area contributed by atoms with E-state index in [1.54, 1.807) is 0 Å². The second-order valence-electron chi connectivity index (χ2n) is 27.1. The van der Waals surface area contributed by atoms with Gasteiger partial charge in [-0.3, -0.25) is 37.3 Å². The molecule has 0 amide bonds. The van der Waals surface area contributed by atoms with Crippen molar-refractivity contribution in [1.29, 1.82) is 0 Å². The van der Waals surface area contributed by atoms with E-state index in [2.05, 4.69) is 65.8 Å². The van der Waals surface area contributed by atoms with Gasteiger partial charge in [0, 0.05) is 25.7 Å². The minimum absolute atomic E-state index is 0.0853. The quantitative estimate of drug-likeness (QED) is 0.0169. The van der Waals surface area contributed by atoms with Crippen molar-refractivity contribution in [2.24, 2.45) is 11.8 Å². The predicted molar refractivity (Wildman–Crippen MR) is 381 cm³/mol. The number of unbranched alkanes of at least 4 members (excludes halogenated alkanes) is 38. The van der Waals surface area contributed by atoms with E-state index >= 15 is 0 Å². The second kappa shape index (κ2) is 66.4. The first-order chi connectivity index (χ1) is 45.4. The maximum Gasteiger partial charge on any atom is 0.472 e. The van der Waals surface area contributed by atoms with E-state index in [-0.39, 0.29) is 25.7 Å². The third kappa shape index (κ3) is 66.8. The smallest absolute Gasteiger partial charge is 0.462 e. The largest absolute Gasteiger partial charge is 0.472 e. The van der Waals surface area contributed by atoms with Gasteiger partial charge in [0.25, 0.3) is 0 Å². The molecule has 6 atom stereocenters. The molecule has 0 aliphatic rings. The molecule has 0 radical (unpaired) electrons. The van der Waals surface area contributed by atoms with Crippen LogP contribution in [0.1, 0.15) is 363 Å². The third-order valence-corrected chi connectivity index (χ3v) is 19.1. The zero-order chi connectivity index (χ0) is 69.3. The number of carbonyl (C=O) groups is 4. The monoisotopic (exact) mass is 1380 g/mol. The second-order valence-corrected chi connectivity index (χ2v) is 30.0. The van der Waals surface area contributed by atoms with Crippen molar-refractivity contribution < 1.29 is 80.2 Å². The molecule has 0 aromatic carbocycles. The Hall–Kier alpha value is -2.46. The first-order valence-corrected chi connectivity index (χ1v) is 41.3. The highest BCUT2D eigenvalue weighted by molar-refractivity contribution is 7.47. The molecule has 0 saturated heterocycles. The summed E-state index contributed by atoms with van der Waals surface area (Å²) in [6, 6.07) is 0. The molecule has 554 valence electrons. The van der Waals surface area contributed by atoms with Crippen molar-refractivity contribution in [2.75, 3.05) is 39.6 Å². The van der Waals surface area contributed by atoms with Crippen molar-refractivity contribution in [3.05, 3.63) is 24.3 Å². The summed E-state index contributed by atoms with van der Waals surface area (Å²) in [7, 11) is -9.92. The molecule has 94 heavy (non-hydrogen) atoms. The fourth-order valence-electron chi connectivity index (χ4n) is 10.9. The van der Waals surface area contributed by atoms with Gasteiger partial charge in [-0.05, 0) is 63.2 Å². The lowest BCUT2D eigenvalue weighted by Gasteiger charge is -2.21. The van der Waals surface area contributed by atoms with Gasteiger partial charge >= 0.3 is 39.5 Å². The fraction of sp³-hybridized carbons (Fsp3) is 0.893. The Bertz CT molecular complexity index is 1920. The van der Waals surface area contributed by atoms with Gasteiger partial charge in [-0.1, -0.05) is 310 Å². The van der Waals surface area contributed by atoms with Crippen LogP contribution in [-0.2, 0) is 65.4 Å². The van der Waals surface area contributed by atoms with Gasteiger partial charge in [0.15, 0.2) is 12.2 Å². The predicted octanol–water partition coefficient (Wildman–Crippen LogP) is 21.5. The Morgan fingerprint density at radius 3 is 0.957 bits per heavy atom. The first-order valence-electron chi connectivity index (χ1n) is 38.3. The van der Waals surface area contributed by atoms with Gasteiger partial charge in [0.2, 0.25) is 0 Å². The van der Waals surface area contributed by atoms with E-state index in [4.69, 9.17) is 37.0 Å². The van der Waals surface area contributed by atoms with Gasteiger partial charge in [0.05, 0.1) is 26.4 Å². The Labute approximate surface area is 573 Å². The van der Waals surface area contributed by atoms with Crippen molar-refractivity contribution in [3.63, 3.8) is 0 Å². The molecular formula is C75H142O17P2. The average molecular weight is 1380 g/mol.